The van der Waals surface area contributed by atoms with Crippen LogP contribution in [0.2, 0.25) is 0 Å². The van der Waals surface area contributed by atoms with Crippen molar-refractivity contribution in [1.29, 1.82) is 0 Å². The van der Waals surface area contributed by atoms with Gasteiger partial charge in [0.1, 0.15) is 11.5 Å². The van der Waals surface area contributed by atoms with Gasteiger partial charge in [0.2, 0.25) is 0 Å². The summed E-state index contributed by atoms with van der Waals surface area (Å²) in [5.74, 6) is 0.719. The van der Waals surface area contributed by atoms with Gasteiger partial charge in [0.05, 0.1) is 12.7 Å². The quantitative estimate of drug-likeness (QED) is 0.819. The van der Waals surface area contributed by atoms with Crippen molar-refractivity contribution in [1.82, 2.24) is 4.90 Å². The van der Waals surface area contributed by atoms with E-state index in [-0.39, 0.29) is 11.7 Å². The van der Waals surface area contributed by atoms with E-state index in [1.165, 1.54) is 0 Å². The Bertz CT molecular complexity index is 508. The number of Topliss-reactive ketones (excluding diaryl/α,β-unsaturated/α-hetero) is 1. The van der Waals surface area contributed by atoms with Crippen molar-refractivity contribution in [3.8, 4) is 5.75 Å². The van der Waals surface area contributed by atoms with Gasteiger partial charge in [0.25, 0.3) is 5.91 Å². The first kappa shape index (κ1) is 13.6. The summed E-state index contributed by atoms with van der Waals surface area (Å²) in [6.45, 7) is 4.72. The van der Waals surface area contributed by atoms with Crippen LogP contribution in [-0.4, -0.2) is 36.8 Å². The molecule has 0 spiro atoms. The van der Waals surface area contributed by atoms with Crippen molar-refractivity contribution >= 4 is 11.7 Å². The number of benzene rings is 1. The number of amides is 1. The van der Waals surface area contributed by atoms with E-state index in [0.717, 1.165) is 0 Å². The molecule has 1 saturated heterocycles. The van der Waals surface area contributed by atoms with Gasteiger partial charge in [-0.2, -0.15) is 0 Å². The van der Waals surface area contributed by atoms with Crippen LogP contribution in [0.3, 0.4) is 0 Å². The molecule has 0 radical (unpaired) electrons. The number of nitrogens with zero attached hydrogens (tertiary/aromatic N) is 1. The lowest BCUT2D eigenvalue weighted by molar-refractivity contribution is -0.130. The highest BCUT2D eigenvalue weighted by Gasteiger charge is 2.36. The topological polar surface area (TPSA) is 46.6 Å². The van der Waals surface area contributed by atoms with Gasteiger partial charge in [-0.25, -0.2) is 0 Å². The van der Waals surface area contributed by atoms with E-state index in [4.69, 9.17) is 4.74 Å². The van der Waals surface area contributed by atoms with Crippen molar-refractivity contribution in [2.75, 3.05) is 20.2 Å². The second kappa shape index (κ2) is 5.03. The summed E-state index contributed by atoms with van der Waals surface area (Å²) >= 11 is 0. The Hall–Kier alpha value is -1.84. The van der Waals surface area contributed by atoms with Crippen LogP contribution in [0.15, 0.2) is 24.3 Å². The van der Waals surface area contributed by atoms with Crippen LogP contribution < -0.4 is 4.74 Å². The van der Waals surface area contributed by atoms with Gasteiger partial charge in [0.15, 0.2) is 0 Å². The minimum Gasteiger partial charge on any atom is -0.496 e. The van der Waals surface area contributed by atoms with Crippen molar-refractivity contribution in [2.45, 2.75) is 20.3 Å². The molecule has 1 aromatic rings. The summed E-state index contributed by atoms with van der Waals surface area (Å²) in [5.41, 5.74) is 0.0887. The molecule has 1 fully saturated rings. The van der Waals surface area contributed by atoms with Crippen molar-refractivity contribution in [3.63, 3.8) is 0 Å². The van der Waals surface area contributed by atoms with E-state index in [1.54, 1.807) is 24.1 Å². The Morgan fingerprint density at radius 2 is 2.00 bits per heavy atom. The van der Waals surface area contributed by atoms with Gasteiger partial charge in [-0.15, -0.1) is 0 Å². The van der Waals surface area contributed by atoms with Crippen LogP contribution in [0, 0.1) is 5.41 Å². The summed E-state index contributed by atoms with van der Waals surface area (Å²) in [6.07, 6.45) is 0.424. The molecule has 1 amide bonds. The molecule has 19 heavy (non-hydrogen) atoms. The maximum Gasteiger partial charge on any atom is 0.257 e. The minimum absolute atomic E-state index is 0.0713. The predicted molar refractivity (Wildman–Crippen MR) is 72.3 cm³/mol. The Kier molecular flexibility index (Phi) is 3.60. The van der Waals surface area contributed by atoms with E-state index in [1.807, 2.05) is 26.0 Å². The lowest BCUT2D eigenvalue weighted by Crippen LogP contribution is -2.48. The van der Waals surface area contributed by atoms with Gasteiger partial charge in [0, 0.05) is 24.9 Å². The Morgan fingerprint density at radius 3 is 2.63 bits per heavy atom. The summed E-state index contributed by atoms with van der Waals surface area (Å²) in [4.78, 5) is 26.0. The van der Waals surface area contributed by atoms with Crippen LogP contribution in [-0.2, 0) is 4.79 Å². The Balaban J connectivity index is 2.23. The zero-order valence-corrected chi connectivity index (χ0v) is 11.6. The molecular formula is C15H19NO3. The number of hydrogen-bond acceptors (Lipinski definition) is 3. The molecule has 2 rings (SSSR count). The number of rotatable bonds is 2. The molecule has 0 bridgehead atoms. The highest BCUT2D eigenvalue weighted by molar-refractivity contribution is 5.98. The van der Waals surface area contributed by atoms with E-state index < -0.39 is 5.41 Å². The lowest BCUT2D eigenvalue weighted by Gasteiger charge is -2.36. The molecule has 0 aliphatic carbocycles. The van der Waals surface area contributed by atoms with E-state index in [9.17, 15) is 9.59 Å². The molecule has 0 atom stereocenters. The summed E-state index contributed by atoms with van der Waals surface area (Å²) < 4.78 is 5.22. The number of ether oxygens (including phenoxy) is 1. The molecular weight excluding hydrogens is 242 g/mol. The fraction of sp³-hybridized carbons (Fsp3) is 0.467. The molecule has 0 aromatic heterocycles. The van der Waals surface area contributed by atoms with Gasteiger partial charge < -0.3 is 9.64 Å². The van der Waals surface area contributed by atoms with Gasteiger partial charge >= 0.3 is 0 Å². The zero-order valence-electron chi connectivity index (χ0n) is 11.6. The van der Waals surface area contributed by atoms with Gasteiger partial charge in [-0.3, -0.25) is 9.59 Å². The second-order valence-corrected chi connectivity index (χ2v) is 5.48. The summed E-state index contributed by atoms with van der Waals surface area (Å²) in [7, 11) is 1.55. The van der Waals surface area contributed by atoms with Crippen molar-refractivity contribution < 1.29 is 14.3 Å². The number of para-hydroxylation sites is 1. The first-order chi connectivity index (χ1) is 8.95. The number of hydrogen-bond donors (Lipinski definition) is 0. The van der Waals surface area contributed by atoms with E-state index in [0.29, 0.717) is 30.8 Å². The van der Waals surface area contributed by atoms with Crippen molar-refractivity contribution in [3.05, 3.63) is 29.8 Å². The first-order valence-electron chi connectivity index (χ1n) is 6.41. The van der Waals surface area contributed by atoms with Gasteiger partial charge in [-0.1, -0.05) is 26.0 Å². The highest BCUT2D eigenvalue weighted by Crippen LogP contribution is 2.28. The smallest absolute Gasteiger partial charge is 0.257 e. The number of methoxy groups -OCH3 is 1. The third-order valence-electron chi connectivity index (χ3n) is 3.57. The third-order valence-corrected chi connectivity index (χ3v) is 3.57. The van der Waals surface area contributed by atoms with E-state index >= 15 is 0 Å². The Labute approximate surface area is 113 Å². The zero-order chi connectivity index (χ0) is 14.0. The largest absolute Gasteiger partial charge is 0.496 e. The van der Waals surface area contributed by atoms with Crippen LogP contribution in [0.5, 0.6) is 5.75 Å². The molecule has 0 N–H and O–H groups in total. The summed E-state index contributed by atoms with van der Waals surface area (Å²) in [6, 6.07) is 7.17. The van der Waals surface area contributed by atoms with Crippen LogP contribution in [0.4, 0.5) is 0 Å². The number of carbonyl (C=O) groups excluding carboxylic acids is 2. The molecule has 1 aromatic carbocycles. The number of carbonyl (C=O) groups is 2. The van der Waals surface area contributed by atoms with Crippen LogP contribution >= 0.6 is 0 Å². The SMILES string of the molecule is COc1ccccc1C(=O)N1CCC(=O)C(C)(C)C1. The molecule has 0 saturated carbocycles. The molecule has 0 unspecified atom stereocenters. The molecule has 102 valence electrons. The van der Waals surface area contributed by atoms with Gasteiger partial charge in [-0.05, 0) is 12.1 Å². The van der Waals surface area contributed by atoms with Crippen LogP contribution in [0.1, 0.15) is 30.6 Å². The average molecular weight is 261 g/mol. The standard InChI is InChI=1S/C15H19NO3/c1-15(2)10-16(9-8-13(15)17)14(18)11-6-4-5-7-12(11)19-3/h4-7H,8-10H2,1-3H3. The number of piperidine rings is 1. The Morgan fingerprint density at radius 1 is 1.32 bits per heavy atom. The fourth-order valence-electron chi connectivity index (χ4n) is 2.38. The van der Waals surface area contributed by atoms with E-state index in [2.05, 4.69) is 0 Å². The van der Waals surface area contributed by atoms with Crippen molar-refractivity contribution in [2.24, 2.45) is 5.41 Å². The fourth-order valence-corrected chi connectivity index (χ4v) is 2.38. The average Bonchev–Trinajstić information content (AvgIpc) is 2.41. The monoisotopic (exact) mass is 261 g/mol. The normalized spacial score (nSPS) is 18.3. The molecule has 1 aliphatic rings. The van der Waals surface area contributed by atoms with Crippen LogP contribution in [0.25, 0.3) is 0 Å². The number of ketones is 1. The third kappa shape index (κ3) is 2.62. The lowest BCUT2D eigenvalue weighted by atomic mass is 9.82. The highest BCUT2D eigenvalue weighted by atomic mass is 16.5. The second-order valence-electron chi connectivity index (χ2n) is 5.48. The minimum atomic E-state index is -0.462. The maximum absolute atomic E-state index is 12.5. The maximum atomic E-state index is 12.5. The predicted octanol–water partition coefficient (Wildman–Crippen LogP) is 2.14. The molecule has 1 aliphatic heterocycles. The first-order valence-corrected chi connectivity index (χ1v) is 6.41. The molecule has 4 heteroatoms. The molecule has 4 nitrogen and oxygen atoms in total. The molecule has 1 heterocycles. The summed E-state index contributed by atoms with van der Waals surface area (Å²) in [5, 5.41) is 0. The number of likely N-dealkylation sites (tertiary alicyclic amines) is 1.